The topological polar surface area (TPSA) is 55.3 Å². The molecule has 2 unspecified atom stereocenters. The molecule has 1 fully saturated rings. The summed E-state index contributed by atoms with van der Waals surface area (Å²) < 4.78 is 5.16. The van der Waals surface area contributed by atoms with Crippen molar-refractivity contribution in [3.63, 3.8) is 0 Å². The predicted molar refractivity (Wildman–Crippen MR) is 85.0 cm³/mol. The van der Waals surface area contributed by atoms with Gasteiger partial charge in [-0.3, -0.25) is 4.79 Å². The van der Waals surface area contributed by atoms with Gasteiger partial charge in [0.2, 0.25) is 5.91 Å². The molecule has 1 amide bonds. The Bertz CT molecular complexity index is 729. The zero-order valence-corrected chi connectivity index (χ0v) is 13.1. The van der Waals surface area contributed by atoms with E-state index in [4.69, 9.17) is 4.74 Å². The summed E-state index contributed by atoms with van der Waals surface area (Å²) in [6.45, 7) is 0. The lowest BCUT2D eigenvalue weighted by Gasteiger charge is -2.35. The van der Waals surface area contributed by atoms with Crippen LogP contribution in [0, 0.1) is 0 Å². The van der Waals surface area contributed by atoms with Gasteiger partial charge in [-0.05, 0) is 30.5 Å². The van der Waals surface area contributed by atoms with Crippen molar-refractivity contribution in [1.82, 2.24) is 14.9 Å². The molecule has 5 nitrogen and oxygen atoms in total. The molecule has 1 saturated heterocycles. The van der Waals surface area contributed by atoms with Gasteiger partial charge in [0.25, 0.3) is 0 Å². The lowest BCUT2D eigenvalue weighted by atomic mass is 9.98. The van der Waals surface area contributed by atoms with Crippen LogP contribution in [-0.4, -0.2) is 33.9 Å². The molecule has 0 radical (unpaired) electrons. The fourth-order valence-electron chi connectivity index (χ4n) is 3.81. The van der Waals surface area contributed by atoms with E-state index in [1.165, 1.54) is 0 Å². The molecule has 2 atom stereocenters. The van der Waals surface area contributed by atoms with Gasteiger partial charge in [-0.25, -0.2) is 9.97 Å². The second kappa shape index (κ2) is 5.65. The van der Waals surface area contributed by atoms with Crippen molar-refractivity contribution in [1.29, 1.82) is 0 Å². The van der Waals surface area contributed by atoms with E-state index in [9.17, 15) is 4.79 Å². The molecule has 2 aliphatic rings. The zero-order chi connectivity index (χ0) is 15.8. The SMILES string of the molecule is COc1ccc(CC(=O)N2C3CCC2c2cncnc2C3)cc1. The molecule has 0 saturated carbocycles. The number of benzene rings is 1. The van der Waals surface area contributed by atoms with E-state index in [1.54, 1.807) is 13.4 Å². The monoisotopic (exact) mass is 309 g/mol. The molecule has 3 heterocycles. The Morgan fingerprint density at radius 2 is 2.13 bits per heavy atom. The second-order valence-corrected chi connectivity index (χ2v) is 6.20. The number of aromatic nitrogens is 2. The summed E-state index contributed by atoms with van der Waals surface area (Å²) in [5.74, 6) is 1.00. The first-order valence-corrected chi connectivity index (χ1v) is 7.99. The highest BCUT2D eigenvalue weighted by Crippen LogP contribution is 2.42. The van der Waals surface area contributed by atoms with Crippen LogP contribution in [0.3, 0.4) is 0 Å². The highest BCUT2D eigenvalue weighted by atomic mass is 16.5. The molecule has 1 aromatic heterocycles. The molecule has 1 aromatic carbocycles. The van der Waals surface area contributed by atoms with Gasteiger partial charge in [0.1, 0.15) is 12.1 Å². The van der Waals surface area contributed by atoms with Gasteiger partial charge < -0.3 is 9.64 Å². The Kier molecular flexibility index (Phi) is 3.48. The van der Waals surface area contributed by atoms with E-state index in [1.807, 2.05) is 30.5 Å². The minimum atomic E-state index is 0.149. The number of ether oxygens (including phenoxy) is 1. The predicted octanol–water partition coefficient (Wildman–Crippen LogP) is 2.32. The number of nitrogens with zero attached hydrogens (tertiary/aromatic N) is 3. The third-order valence-electron chi connectivity index (χ3n) is 4.92. The first-order chi connectivity index (χ1) is 11.3. The standard InChI is InChI=1S/C18H19N3O2/c1-23-14-5-2-12(3-6-14)8-18(22)21-13-4-7-17(21)15-10-19-11-20-16(15)9-13/h2-3,5-6,10-11,13,17H,4,7-9H2,1H3. The molecule has 118 valence electrons. The first-order valence-electron chi connectivity index (χ1n) is 7.99. The van der Waals surface area contributed by atoms with E-state index in [-0.39, 0.29) is 18.0 Å². The molecule has 0 aliphatic carbocycles. The molecular weight excluding hydrogens is 290 g/mol. The largest absolute Gasteiger partial charge is 0.497 e. The lowest BCUT2D eigenvalue weighted by Crippen LogP contribution is -2.43. The third-order valence-corrected chi connectivity index (χ3v) is 4.92. The van der Waals surface area contributed by atoms with Gasteiger partial charge in [-0.1, -0.05) is 12.1 Å². The number of methoxy groups -OCH3 is 1. The maximum atomic E-state index is 12.8. The highest BCUT2D eigenvalue weighted by Gasteiger charge is 2.42. The Hall–Kier alpha value is -2.43. The summed E-state index contributed by atoms with van der Waals surface area (Å²) >= 11 is 0. The van der Waals surface area contributed by atoms with Crippen LogP contribution in [-0.2, 0) is 17.6 Å². The van der Waals surface area contributed by atoms with Crippen LogP contribution in [0.15, 0.2) is 36.8 Å². The third kappa shape index (κ3) is 2.46. The molecule has 23 heavy (non-hydrogen) atoms. The van der Waals surface area contributed by atoms with Crippen LogP contribution in [0.1, 0.15) is 35.7 Å². The number of carbonyl (C=O) groups excluding carboxylic acids is 1. The Balaban J connectivity index is 1.55. The van der Waals surface area contributed by atoms with Gasteiger partial charge >= 0.3 is 0 Å². The van der Waals surface area contributed by atoms with Crippen LogP contribution in [0.4, 0.5) is 0 Å². The fourth-order valence-corrected chi connectivity index (χ4v) is 3.81. The molecule has 5 heteroatoms. The molecule has 0 spiro atoms. The minimum absolute atomic E-state index is 0.149. The zero-order valence-electron chi connectivity index (χ0n) is 13.1. The molecule has 4 rings (SSSR count). The Morgan fingerprint density at radius 1 is 1.30 bits per heavy atom. The number of hydrogen-bond donors (Lipinski definition) is 0. The number of rotatable bonds is 3. The first kappa shape index (κ1) is 14.2. The number of carbonyl (C=O) groups is 1. The number of fused-ring (bicyclic) bond motifs is 4. The van der Waals surface area contributed by atoms with Crippen molar-refractivity contribution >= 4 is 5.91 Å². The second-order valence-electron chi connectivity index (χ2n) is 6.20. The van der Waals surface area contributed by atoms with E-state index in [2.05, 4.69) is 14.9 Å². The average molecular weight is 309 g/mol. The van der Waals surface area contributed by atoms with E-state index in [0.29, 0.717) is 6.42 Å². The van der Waals surface area contributed by atoms with Crippen molar-refractivity contribution in [3.05, 3.63) is 53.6 Å². The Labute approximate surface area is 135 Å². The normalized spacial score (nSPS) is 21.9. The van der Waals surface area contributed by atoms with Crippen LogP contribution in [0.25, 0.3) is 0 Å². The summed E-state index contributed by atoms with van der Waals surface area (Å²) in [6.07, 6.45) is 6.83. The van der Waals surface area contributed by atoms with Gasteiger partial charge in [-0.2, -0.15) is 0 Å². The summed E-state index contributed by atoms with van der Waals surface area (Å²) in [7, 11) is 1.64. The van der Waals surface area contributed by atoms with Crippen LogP contribution in [0.2, 0.25) is 0 Å². The molecule has 0 N–H and O–H groups in total. The maximum Gasteiger partial charge on any atom is 0.227 e. The van der Waals surface area contributed by atoms with Gasteiger partial charge in [0.15, 0.2) is 0 Å². The molecular formula is C18H19N3O2. The smallest absolute Gasteiger partial charge is 0.227 e. The van der Waals surface area contributed by atoms with Crippen molar-refractivity contribution in [2.24, 2.45) is 0 Å². The van der Waals surface area contributed by atoms with Crippen LogP contribution < -0.4 is 4.74 Å². The van der Waals surface area contributed by atoms with Crippen molar-refractivity contribution < 1.29 is 9.53 Å². The quantitative estimate of drug-likeness (QED) is 0.873. The van der Waals surface area contributed by atoms with Crippen molar-refractivity contribution in [3.8, 4) is 5.75 Å². The van der Waals surface area contributed by atoms with E-state index >= 15 is 0 Å². The summed E-state index contributed by atoms with van der Waals surface area (Å²) in [5.41, 5.74) is 3.26. The van der Waals surface area contributed by atoms with Crippen LogP contribution >= 0.6 is 0 Å². The number of hydrogen-bond acceptors (Lipinski definition) is 4. The van der Waals surface area contributed by atoms with Gasteiger partial charge in [0.05, 0.1) is 25.3 Å². The van der Waals surface area contributed by atoms with Gasteiger partial charge in [0, 0.05) is 24.2 Å². The minimum Gasteiger partial charge on any atom is -0.497 e. The van der Waals surface area contributed by atoms with Crippen molar-refractivity contribution in [2.45, 2.75) is 37.8 Å². The summed E-state index contributed by atoms with van der Waals surface area (Å²) in [6, 6.07) is 8.15. The fraction of sp³-hybridized carbons (Fsp3) is 0.389. The lowest BCUT2D eigenvalue weighted by molar-refractivity contribution is -0.134. The van der Waals surface area contributed by atoms with E-state index < -0.39 is 0 Å². The van der Waals surface area contributed by atoms with Gasteiger partial charge in [-0.15, -0.1) is 0 Å². The van der Waals surface area contributed by atoms with Crippen LogP contribution in [0.5, 0.6) is 5.75 Å². The molecule has 2 aliphatic heterocycles. The summed E-state index contributed by atoms with van der Waals surface area (Å²) in [5, 5.41) is 0. The molecule has 2 aromatic rings. The van der Waals surface area contributed by atoms with E-state index in [0.717, 1.165) is 41.8 Å². The summed E-state index contributed by atoms with van der Waals surface area (Å²) in [4.78, 5) is 23.5. The average Bonchev–Trinajstić information content (AvgIpc) is 2.91. The Morgan fingerprint density at radius 3 is 2.91 bits per heavy atom. The molecule has 2 bridgehead atoms. The maximum absolute atomic E-state index is 12.8. The van der Waals surface area contributed by atoms with Crippen molar-refractivity contribution in [2.75, 3.05) is 7.11 Å². The highest BCUT2D eigenvalue weighted by molar-refractivity contribution is 5.80. The number of amides is 1.